The SMILES string of the molecule is COc1cc(/C=N\NC(=O)c2ccc(Cl)c(Cl)c2)cc(Cl)c1OC. The van der Waals surface area contributed by atoms with Crippen LogP contribution in [0.4, 0.5) is 0 Å². The minimum atomic E-state index is -0.420. The van der Waals surface area contributed by atoms with Crippen LogP contribution in [-0.2, 0) is 0 Å². The maximum absolute atomic E-state index is 12.0. The molecular formula is C16H13Cl3N2O3. The summed E-state index contributed by atoms with van der Waals surface area (Å²) in [6.45, 7) is 0. The van der Waals surface area contributed by atoms with Gasteiger partial charge in [-0.1, -0.05) is 34.8 Å². The molecule has 0 aliphatic carbocycles. The van der Waals surface area contributed by atoms with E-state index in [1.165, 1.54) is 32.6 Å². The highest BCUT2D eigenvalue weighted by atomic mass is 35.5. The number of halogens is 3. The number of methoxy groups -OCH3 is 2. The summed E-state index contributed by atoms with van der Waals surface area (Å²) < 4.78 is 10.3. The lowest BCUT2D eigenvalue weighted by Crippen LogP contribution is -2.17. The summed E-state index contributed by atoms with van der Waals surface area (Å²) >= 11 is 17.8. The molecule has 0 spiro atoms. The fourth-order valence-electron chi connectivity index (χ4n) is 1.88. The number of carbonyl (C=O) groups is 1. The van der Waals surface area contributed by atoms with Crippen molar-refractivity contribution in [2.45, 2.75) is 0 Å². The van der Waals surface area contributed by atoms with E-state index in [1.54, 1.807) is 18.2 Å². The second-order valence-corrected chi connectivity index (χ2v) is 5.79. The lowest BCUT2D eigenvalue weighted by Gasteiger charge is -2.09. The minimum absolute atomic E-state index is 0.292. The molecule has 0 bridgehead atoms. The number of benzene rings is 2. The van der Waals surface area contributed by atoms with Crippen molar-refractivity contribution >= 4 is 46.9 Å². The Hall–Kier alpha value is -1.95. The monoisotopic (exact) mass is 386 g/mol. The first-order chi connectivity index (χ1) is 11.5. The third-order valence-corrected chi connectivity index (χ3v) is 4.04. The second kappa shape index (κ2) is 8.24. The molecule has 0 saturated carbocycles. The molecule has 1 amide bonds. The third-order valence-electron chi connectivity index (χ3n) is 3.02. The smallest absolute Gasteiger partial charge is 0.271 e. The Kier molecular flexibility index (Phi) is 6.31. The predicted molar refractivity (Wildman–Crippen MR) is 96.1 cm³/mol. The Labute approximate surface area is 154 Å². The van der Waals surface area contributed by atoms with Crippen molar-refractivity contribution in [3.8, 4) is 11.5 Å². The number of hydrogen-bond donors (Lipinski definition) is 1. The van der Waals surface area contributed by atoms with E-state index >= 15 is 0 Å². The van der Waals surface area contributed by atoms with Gasteiger partial charge in [-0.05, 0) is 35.9 Å². The minimum Gasteiger partial charge on any atom is -0.493 e. The quantitative estimate of drug-likeness (QED) is 0.610. The van der Waals surface area contributed by atoms with Gasteiger partial charge in [0.2, 0.25) is 0 Å². The normalized spacial score (nSPS) is 10.7. The van der Waals surface area contributed by atoms with Gasteiger partial charge in [0.15, 0.2) is 11.5 Å². The Balaban J connectivity index is 2.12. The van der Waals surface area contributed by atoms with Crippen molar-refractivity contribution in [1.29, 1.82) is 0 Å². The molecule has 2 aromatic rings. The summed E-state index contributed by atoms with van der Waals surface area (Å²) in [6, 6.07) is 7.86. The summed E-state index contributed by atoms with van der Waals surface area (Å²) in [6.07, 6.45) is 1.43. The molecule has 0 aliphatic rings. The van der Waals surface area contributed by atoms with Gasteiger partial charge in [0.1, 0.15) is 0 Å². The number of hydrogen-bond acceptors (Lipinski definition) is 4. The van der Waals surface area contributed by atoms with Crippen LogP contribution in [0, 0.1) is 0 Å². The van der Waals surface area contributed by atoms with Crippen LogP contribution >= 0.6 is 34.8 Å². The molecule has 0 atom stereocenters. The van der Waals surface area contributed by atoms with Gasteiger partial charge in [0, 0.05) is 5.56 Å². The molecule has 0 aliphatic heterocycles. The largest absolute Gasteiger partial charge is 0.493 e. The van der Waals surface area contributed by atoms with Crippen molar-refractivity contribution in [2.24, 2.45) is 5.10 Å². The first-order valence-electron chi connectivity index (χ1n) is 6.66. The first kappa shape index (κ1) is 18.4. The van der Waals surface area contributed by atoms with E-state index < -0.39 is 5.91 Å². The van der Waals surface area contributed by atoms with Gasteiger partial charge in [0.05, 0.1) is 35.5 Å². The highest BCUT2D eigenvalue weighted by Gasteiger charge is 2.10. The van der Waals surface area contributed by atoms with Crippen molar-refractivity contribution < 1.29 is 14.3 Å². The number of nitrogens with one attached hydrogen (secondary N) is 1. The van der Waals surface area contributed by atoms with Gasteiger partial charge < -0.3 is 9.47 Å². The average molecular weight is 388 g/mol. The van der Waals surface area contributed by atoms with Gasteiger partial charge in [-0.25, -0.2) is 5.43 Å². The molecule has 0 unspecified atom stereocenters. The standard InChI is InChI=1S/C16H13Cl3N2O3/c1-23-14-6-9(5-13(19)15(14)24-2)8-20-21-16(22)10-3-4-11(17)12(18)7-10/h3-8H,1-2H3,(H,21,22)/b20-8-. The Morgan fingerprint density at radius 2 is 1.79 bits per heavy atom. The lowest BCUT2D eigenvalue weighted by atomic mass is 10.2. The fraction of sp³-hybridized carbons (Fsp3) is 0.125. The molecular weight excluding hydrogens is 375 g/mol. The lowest BCUT2D eigenvalue weighted by molar-refractivity contribution is 0.0955. The van der Waals surface area contributed by atoms with Gasteiger partial charge >= 0.3 is 0 Å². The van der Waals surface area contributed by atoms with Crippen LogP contribution in [-0.4, -0.2) is 26.3 Å². The van der Waals surface area contributed by atoms with Gasteiger partial charge in [0.25, 0.3) is 5.91 Å². The van der Waals surface area contributed by atoms with Crippen molar-refractivity contribution in [2.75, 3.05) is 14.2 Å². The second-order valence-electron chi connectivity index (χ2n) is 4.57. The zero-order valence-corrected chi connectivity index (χ0v) is 15.0. The van der Waals surface area contributed by atoms with Crippen LogP contribution in [0.3, 0.4) is 0 Å². The third kappa shape index (κ3) is 4.32. The summed E-state index contributed by atoms with van der Waals surface area (Å²) in [7, 11) is 3.00. The molecule has 126 valence electrons. The van der Waals surface area contributed by atoms with Crippen LogP contribution in [0.5, 0.6) is 11.5 Å². The Morgan fingerprint density at radius 3 is 2.42 bits per heavy atom. The van der Waals surface area contributed by atoms with Crippen LogP contribution < -0.4 is 14.9 Å². The van der Waals surface area contributed by atoms with Crippen molar-refractivity contribution in [3.63, 3.8) is 0 Å². The predicted octanol–water partition coefficient (Wildman–Crippen LogP) is 4.43. The highest BCUT2D eigenvalue weighted by Crippen LogP contribution is 2.35. The maximum Gasteiger partial charge on any atom is 0.271 e. The number of carbonyl (C=O) groups excluding carboxylic acids is 1. The number of amides is 1. The molecule has 2 aromatic carbocycles. The zero-order chi connectivity index (χ0) is 17.7. The topological polar surface area (TPSA) is 59.9 Å². The average Bonchev–Trinajstić information content (AvgIpc) is 2.56. The summed E-state index contributed by atoms with van der Waals surface area (Å²) in [5, 5.41) is 4.92. The van der Waals surface area contributed by atoms with E-state index in [9.17, 15) is 4.79 Å². The number of rotatable bonds is 5. The van der Waals surface area contributed by atoms with E-state index in [0.717, 1.165) is 0 Å². The molecule has 0 fully saturated rings. The van der Waals surface area contributed by atoms with Crippen molar-refractivity contribution in [3.05, 3.63) is 56.5 Å². The molecule has 8 heteroatoms. The molecule has 5 nitrogen and oxygen atoms in total. The summed E-state index contributed by atoms with van der Waals surface area (Å²) in [4.78, 5) is 12.0. The van der Waals surface area contributed by atoms with Crippen LogP contribution in [0.2, 0.25) is 15.1 Å². The van der Waals surface area contributed by atoms with E-state index in [0.29, 0.717) is 37.7 Å². The number of hydrazone groups is 1. The maximum atomic E-state index is 12.0. The van der Waals surface area contributed by atoms with Crippen LogP contribution in [0.15, 0.2) is 35.4 Å². The highest BCUT2D eigenvalue weighted by molar-refractivity contribution is 6.42. The summed E-state index contributed by atoms with van der Waals surface area (Å²) in [5.41, 5.74) is 3.36. The van der Waals surface area contributed by atoms with Crippen molar-refractivity contribution in [1.82, 2.24) is 5.43 Å². The van der Waals surface area contributed by atoms with Gasteiger partial charge in [-0.15, -0.1) is 0 Å². The van der Waals surface area contributed by atoms with Crippen LogP contribution in [0.25, 0.3) is 0 Å². The Morgan fingerprint density at radius 1 is 1.04 bits per heavy atom. The number of ether oxygens (including phenoxy) is 2. The van der Waals surface area contributed by atoms with Crippen LogP contribution in [0.1, 0.15) is 15.9 Å². The molecule has 0 heterocycles. The first-order valence-corrected chi connectivity index (χ1v) is 7.79. The molecule has 2 rings (SSSR count). The molecule has 0 radical (unpaired) electrons. The van der Waals surface area contributed by atoms with E-state index in [-0.39, 0.29) is 0 Å². The zero-order valence-electron chi connectivity index (χ0n) is 12.8. The molecule has 1 N–H and O–H groups in total. The fourth-order valence-corrected chi connectivity index (χ4v) is 2.47. The molecule has 24 heavy (non-hydrogen) atoms. The number of nitrogens with zero attached hydrogens (tertiary/aromatic N) is 1. The van der Waals surface area contributed by atoms with E-state index in [1.807, 2.05) is 0 Å². The molecule has 0 saturated heterocycles. The Bertz CT molecular complexity index is 794. The molecule has 0 aromatic heterocycles. The summed E-state index contributed by atoms with van der Waals surface area (Å²) in [5.74, 6) is 0.467. The van der Waals surface area contributed by atoms with E-state index in [2.05, 4.69) is 10.5 Å². The van der Waals surface area contributed by atoms with E-state index in [4.69, 9.17) is 44.3 Å². The van der Waals surface area contributed by atoms with Gasteiger partial charge in [-0.2, -0.15) is 5.10 Å². The van der Waals surface area contributed by atoms with Gasteiger partial charge in [-0.3, -0.25) is 4.79 Å².